The van der Waals surface area contributed by atoms with Crippen molar-refractivity contribution < 1.29 is 9.53 Å². The Hall–Kier alpha value is -0.770. The molecule has 1 heterocycles. The van der Waals surface area contributed by atoms with Crippen molar-refractivity contribution in [3.05, 3.63) is 0 Å². The SMILES string of the molecule is CC[C@@H](C)N1CCN(C(=O)OC(C)(C)C)CC1. The maximum atomic E-state index is 11.8. The summed E-state index contributed by atoms with van der Waals surface area (Å²) in [6, 6.07) is 0.607. The largest absolute Gasteiger partial charge is 0.444 e. The van der Waals surface area contributed by atoms with Crippen molar-refractivity contribution in [2.24, 2.45) is 0 Å². The van der Waals surface area contributed by atoms with Crippen LogP contribution < -0.4 is 0 Å². The zero-order valence-corrected chi connectivity index (χ0v) is 11.8. The highest BCUT2D eigenvalue weighted by molar-refractivity contribution is 5.68. The average Bonchev–Trinajstić information content (AvgIpc) is 2.26. The van der Waals surface area contributed by atoms with Crippen LogP contribution >= 0.6 is 0 Å². The Labute approximate surface area is 105 Å². The van der Waals surface area contributed by atoms with E-state index in [1.165, 1.54) is 0 Å². The summed E-state index contributed by atoms with van der Waals surface area (Å²) in [4.78, 5) is 16.1. The van der Waals surface area contributed by atoms with Crippen LogP contribution in [0.5, 0.6) is 0 Å². The van der Waals surface area contributed by atoms with Crippen molar-refractivity contribution >= 4 is 6.09 Å². The summed E-state index contributed by atoms with van der Waals surface area (Å²) in [5.74, 6) is 0. The average molecular weight is 242 g/mol. The molecule has 0 unspecified atom stereocenters. The van der Waals surface area contributed by atoms with Crippen molar-refractivity contribution in [3.8, 4) is 0 Å². The normalized spacial score (nSPS) is 20.2. The Balaban J connectivity index is 2.39. The minimum Gasteiger partial charge on any atom is -0.444 e. The Morgan fingerprint density at radius 2 is 1.76 bits per heavy atom. The summed E-state index contributed by atoms with van der Waals surface area (Å²) in [5.41, 5.74) is -0.398. The fraction of sp³-hybridized carbons (Fsp3) is 0.923. The number of carbonyl (C=O) groups is 1. The van der Waals surface area contributed by atoms with Crippen molar-refractivity contribution in [2.75, 3.05) is 26.2 Å². The predicted octanol–water partition coefficient (Wildman–Crippen LogP) is 2.34. The zero-order chi connectivity index (χ0) is 13.1. The van der Waals surface area contributed by atoms with Crippen LogP contribution in [-0.4, -0.2) is 53.7 Å². The Morgan fingerprint density at radius 3 is 2.18 bits per heavy atom. The molecule has 1 amide bonds. The molecule has 0 aromatic carbocycles. The fourth-order valence-corrected chi connectivity index (χ4v) is 1.93. The van der Waals surface area contributed by atoms with Crippen LogP contribution in [0.3, 0.4) is 0 Å². The van der Waals surface area contributed by atoms with E-state index in [9.17, 15) is 4.79 Å². The maximum Gasteiger partial charge on any atom is 0.410 e. The lowest BCUT2D eigenvalue weighted by Gasteiger charge is -2.38. The molecule has 1 atom stereocenters. The highest BCUT2D eigenvalue weighted by atomic mass is 16.6. The number of amides is 1. The Bertz CT molecular complexity index is 253. The molecule has 17 heavy (non-hydrogen) atoms. The van der Waals surface area contributed by atoms with E-state index < -0.39 is 5.60 Å². The summed E-state index contributed by atoms with van der Waals surface area (Å²) in [5, 5.41) is 0. The van der Waals surface area contributed by atoms with Gasteiger partial charge in [0.25, 0.3) is 0 Å². The molecule has 1 fully saturated rings. The second kappa shape index (κ2) is 5.71. The summed E-state index contributed by atoms with van der Waals surface area (Å²) in [7, 11) is 0. The predicted molar refractivity (Wildman–Crippen MR) is 69.1 cm³/mol. The van der Waals surface area contributed by atoms with E-state index in [0.717, 1.165) is 32.6 Å². The third-order valence-electron chi connectivity index (χ3n) is 3.18. The van der Waals surface area contributed by atoms with Crippen LogP contribution in [-0.2, 0) is 4.74 Å². The molecule has 1 aliphatic rings. The van der Waals surface area contributed by atoms with Gasteiger partial charge in [-0.05, 0) is 34.1 Å². The van der Waals surface area contributed by atoms with E-state index >= 15 is 0 Å². The first-order valence-corrected chi connectivity index (χ1v) is 6.55. The van der Waals surface area contributed by atoms with Gasteiger partial charge >= 0.3 is 6.09 Å². The van der Waals surface area contributed by atoms with Gasteiger partial charge in [0.2, 0.25) is 0 Å². The fourth-order valence-electron chi connectivity index (χ4n) is 1.93. The zero-order valence-electron chi connectivity index (χ0n) is 11.8. The van der Waals surface area contributed by atoms with E-state index in [1.807, 2.05) is 25.7 Å². The van der Waals surface area contributed by atoms with Gasteiger partial charge in [-0.3, -0.25) is 4.90 Å². The van der Waals surface area contributed by atoms with E-state index in [-0.39, 0.29) is 6.09 Å². The van der Waals surface area contributed by atoms with Gasteiger partial charge in [0, 0.05) is 32.2 Å². The second-order valence-corrected chi connectivity index (χ2v) is 5.76. The molecule has 100 valence electrons. The quantitative estimate of drug-likeness (QED) is 0.745. The first-order chi connectivity index (χ1) is 7.83. The Morgan fingerprint density at radius 1 is 1.24 bits per heavy atom. The maximum absolute atomic E-state index is 11.8. The third-order valence-corrected chi connectivity index (χ3v) is 3.18. The number of rotatable bonds is 2. The molecule has 0 aromatic heterocycles. The van der Waals surface area contributed by atoms with Crippen LogP contribution in [0.25, 0.3) is 0 Å². The molecule has 0 aliphatic carbocycles. The van der Waals surface area contributed by atoms with Gasteiger partial charge in [0.15, 0.2) is 0 Å². The molecule has 1 aliphatic heterocycles. The highest BCUT2D eigenvalue weighted by Gasteiger charge is 2.26. The van der Waals surface area contributed by atoms with Crippen LogP contribution in [0.4, 0.5) is 4.79 Å². The first kappa shape index (κ1) is 14.3. The van der Waals surface area contributed by atoms with Crippen LogP contribution in [0.15, 0.2) is 0 Å². The number of carbonyl (C=O) groups excluding carboxylic acids is 1. The standard InChI is InChI=1S/C13H26N2O2/c1-6-11(2)14-7-9-15(10-8-14)12(16)17-13(3,4)5/h11H,6-10H2,1-5H3/t11-/m1/s1. The summed E-state index contributed by atoms with van der Waals surface area (Å²) < 4.78 is 5.37. The molecule has 0 aromatic rings. The lowest BCUT2D eigenvalue weighted by atomic mass is 10.2. The van der Waals surface area contributed by atoms with E-state index in [1.54, 1.807) is 0 Å². The Kier molecular flexibility index (Phi) is 4.80. The smallest absolute Gasteiger partial charge is 0.410 e. The number of ether oxygens (including phenoxy) is 1. The van der Waals surface area contributed by atoms with Crippen molar-refractivity contribution in [2.45, 2.75) is 52.7 Å². The summed E-state index contributed by atoms with van der Waals surface area (Å²) in [6.45, 7) is 13.6. The van der Waals surface area contributed by atoms with Crippen molar-refractivity contribution in [3.63, 3.8) is 0 Å². The number of nitrogens with zero attached hydrogens (tertiary/aromatic N) is 2. The van der Waals surface area contributed by atoms with Gasteiger partial charge in [0.05, 0.1) is 0 Å². The van der Waals surface area contributed by atoms with Gasteiger partial charge in [0.1, 0.15) is 5.60 Å². The van der Waals surface area contributed by atoms with E-state index in [0.29, 0.717) is 6.04 Å². The van der Waals surface area contributed by atoms with Gasteiger partial charge in [-0.15, -0.1) is 0 Å². The molecule has 0 bridgehead atoms. The van der Waals surface area contributed by atoms with E-state index in [2.05, 4.69) is 18.7 Å². The molecule has 0 radical (unpaired) electrons. The van der Waals surface area contributed by atoms with Gasteiger partial charge < -0.3 is 9.64 Å². The van der Waals surface area contributed by atoms with Crippen molar-refractivity contribution in [1.29, 1.82) is 0 Å². The lowest BCUT2D eigenvalue weighted by Crippen LogP contribution is -2.52. The molecular weight excluding hydrogens is 216 g/mol. The van der Waals surface area contributed by atoms with Crippen LogP contribution in [0.2, 0.25) is 0 Å². The molecule has 0 N–H and O–H groups in total. The van der Waals surface area contributed by atoms with Gasteiger partial charge in [-0.25, -0.2) is 4.79 Å². The summed E-state index contributed by atoms with van der Waals surface area (Å²) >= 11 is 0. The molecule has 0 spiro atoms. The van der Waals surface area contributed by atoms with Crippen LogP contribution in [0.1, 0.15) is 41.0 Å². The monoisotopic (exact) mass is 242 g/mol. The molecular formula is C13H26N2O2. The molecule has 1 rings (SSSR count). The number of piperazine rings is 1. The topological polar surface area (TPSA) is 32.8 Å². The highest BCUT2D eigenvalue weighted by Crippen LogP contribution is 2.13. The molecule has 1 saturated heterocycles. The minimum atomic E-state index is -0.398. The second-order valence-electron chi connectivity index (χ2n) is 5.76. The van der Waals surface area contributed by atoms with Gasteiger partial charge in [-0.2, -0.15) is 0 Å². The van der Waals surface area contributed by atoms with E-state index in [4.69, 9.17) is 4.74 Å². The number of hydrogen-bond donors (Lipinski definition) is 0. The summed E-state index contributed by atoms with van der Waals surface area (Å²) in [6.07, 6.45) is 0.980. The third kappa shape index (κ3) is 4.54. The lowest BCUT2D eigenvalue weighted by molar-refractivity contribution is 0.0110. The minimum absolute atomic E-state index is 0.179. The first-order valence-electron chi connectivity index (χ1n) is 6.55. The number of hydrogen-bond acceptors (Lipinski definition) is 3. The molecule has 4 nitrogen and oxygen atoms in total. The van der Waals surface area contributed by atoms with Crippen molar-refractivity contribution in [1.82, 2.24) is 9.80 Å². The van der Waals surface area contributed by atoms with Gasteiger partial charge in [-0.1, -0.05) is 6.92 Å². The molecule has 0 saturated carbocycles. The molecule has 4 heteroatoms. The van der Waals surface area contributed by atoms with Crippen LogP contribution in [0, 0.1) is 0 Å².